The quantitative estimate of drug-likeness (QED) is 0.631. The summed E-state index contributed by atoms with van der Waals surface area (Å²) in [5.41, 5.74) is 3.21. The summed E-state index contributed by atoms with van der Waals surface area (Å²) in [7, 11) is 0. The van der Waals surface area contributed by atoms with Crippen LogP contribution in [0.4, 0.5) is 5.69 Å². The maximum absolute atomic E-state index is 6.19. The standard InChI is InChI=1S/C22H17NO/c1-4-10-18(11-5-1)21-16-23(20-14-8-3-9-15-20)17-22(24-21)19-12-6-2-7-13-19/h1-17H. The average molecular weight is 311 g/mol. The number of nitrogens with zero attached hydrogens (tertiary/aromatic N) is 1. The highest BCUT2D eigenvalue weighted by Crippen LogP contribution is 2.32. The van der Waals surface area contributed by atoms with E-state index >= 15 is 0 Å². The molecule has 1 aliphatic rings. The second kappa shape index (κ2) is 6.47. The molecule has 0 saturated carbocycles. The predicted molar refractivity (Wildman–Crippen MR) is 98.8 cm³/mol. The van der Waals surface area contributed by atoms with E-state index in [1.54, 1.807) is 0 Å². The topological polar surface area (TPSA) is 12.5 Å². The molecule has 3 aromatic carbocycles. The van der Waals surface area contributed by atoms with Crippen molar-refractivity contribution in [3.63, 3.8) is 0 Å². The summed E-state index contributed by atoms with van der Waals surface area (Å²) in [6.45, 7) is 0. The van der Waals surface area contributed by atoms with Gasteiger partial charge in [-0.15, -0.1) is 0 Å². The molecule has 2 nitrogen and oxygen atoms in total. The molecule has 0 bridgehead atoms. The van der Waals surface area contributed by atoms with Crippen LogP contribution in [0, 0.1) is 0 Å². The van der Waals surface area contributed by atoms with Crippen LogP contribution >= 0.6 is 0 Å². The smallest absolute Gasteiger partial charge is 0.151 e. The Hall–Kier alpha value is -3.26. The maximum Gasteiger partial charge on any atom is 0.151 e. The van der Waals surface area contributed by atoms with E-state index in [1.807, 2.05) is 67.0 Å². The predicted octanol–water partition coefficient (Wildman–Crippen LogP) is 5.52. The molecule has 0 N–H and O–H groups in total. The minimum atomic E-state index is 0.834. The minimum absolute atomic E-state index is 0.834. The van der Waals surface area contributed by atoms with Crippen molar-refractivity contribution in [3.05, 3.63) is 115 Å². The van der Waals surface area contributed by atoms with Crippen LogP contribution in [0.2, 0.25) is 0 Å². The lowest BCUT2D eigenvalue weighted by Crippen LogP contribution is -2.15. The lowest BCUT2D eigenvalue weighted by molar-refractivity contribution is 0.462. The van der Waals surface area contributed by atoms with E-state index in [4.69, 9.17) is 4.74 Å². The van der Waals surface area contributed by atoms with Gasteiger partial charge in [0.25, 0.3) is 0 Å². The Labute approximate surface area is 141 Å². The lowest BCUT2D eigenvalue weighted by Gasteiger charge is -2.26. The van der Waals surface area contributed by atoms with E-state index in [9.17, 15) is 0 Å². The average Bonchev–Trinajstić information content (AvgIpc) is 2.70. The summed E-state index contributed by atoms with van der Waals surface area (Å²) < 4.78 is 6.19. The highest BCUT2D eigenvalue weighted by Gasteiger charge is 2.17. The molecule has 0 aromatic heterocycles. The number of hydrogen-bond donors (Lipinski definition) is 0. The summed E-state index contributed by atoms with van der Waals surface area (Å²) >= 11 is 0. The van der Waals surface area contributed by atoms with Gasteiger partial charge in [0.15, 0.2) is 11.5 Å². The Balaban J connectivity index is 1.78. The van der Waals surface area contributed by atoms with Crippen LogP contribution in [0.5, 0.6) is 0 Å². The normalized spacial score (nSPS) is 13.8. The second-order valence-corrected chi connectivity index (χ2v) is 5.56. The largest absolute Gasteiger partial charge is 0.453 e. The molecule has 0 aliphatic carbocycles. The molecule has 4 rings (SSSR count). The van der Waals surface area contributed by atoms with Crippen LogP contribution in [0.25, 0.3) is 11.5 Å². The number of anilines is 1. The molecule has 0 fully saturated rings. The summed E-state index contributed by atoms with van der Waals surface area (Å²) in [5, 5.41) is 0. The highest BCUT2D eigenvalue weighted by atomic mass is 16.5. The van der Waals surface area contributed by atoms with Gasteiger partial charge < -0.3 is 9.64 Å². The third-order valence-electron chi connectivity index (χ3n) is 3.90. The van der Waals surface area contributed by atoms with Crippen LogP contribution < -0.4 is 4.90 Å². The number of hydrogen-bond acceptors (Lipinski definition) is 2. The maximum atomic E-state index is 6.19. The van der Waals surface area contributed by atoms with Crippen LogP contribution in [0.15, 0.2) is 103 Å². The molecule has 0 atom stereocenters. The molecular formula is C22H17NO. The van der Waals surface area contributed by atoms with Crippen molar-refractivity contribution < 1.29 is 4.74 Å². The molecule has 116 valence electrons. The molecule has 2 heteroatoms. The van der Waals surface area contributed by atoms with Crippen molar-refractivity contribution >= 4 is 17.2 Å². The zero-order valence-electron chi connectivity index (χ0n) is 13.2. The van der Waals surface area contributed by atoms with Gasteiger partial charge in [-0.1, -0.05) is 78.9 Å². The summed E-state index contributed by atoms with van der Waals surface area (Å²) in [6.07, 6.45) is 4.05. The third-order valence-corrected chi connectivity index (χ3v) is 3.90. The fraction of sp³-hybridized carbons (Fsp3) is 0. The Bertz CT molecular complexity index is 812. The van der Waals surface area contributed by atoms with Gasteiger partial charge in [-0.2, -0.15) is 0 Å². The van der Waals surface area contributed by atoms with Crippen molar-refractivity contribution in [1.82, 2.24) is 0 Å². The molecule has 0 saturated heterocycles. The highest BCUT2D eigenvalue weighted by molar-refractivity contribution is 5.77. The molecular weight excluding hydrogens is 294 g/mol. The van der Waals surface area contributed by atoms with Gasteiger partial charge in [0.05, 0.1) is 12.4 Å². The summed E-state index contributed by atoms with van der Waals surface area (Å²) in [6, 6.07) is 30.6. The third kappa shape index (κ3) is 2.95. The van der Waals surface area contributed by atoms with E-state index in [2.05, 4.69) is 41.3 Å². The first-order valence-corrected chi connectivity index (χ1v) is 7.96. The van der Waals surface area contributed by atoms with Crippen molar-refractivity contribution in [1.29, 1.82) is 0 Å². The van der Waals surface area contributed by atoms with Gasteiger partial charge in [0, 0.05) is 16.8 Å². The first-order chi connectivity index (χ1) is 11.9. The fourth-order valence-corrected chi connectivity index (χ4v) is 2.68. The van der Waals surface area contributed by atoms with Crippen LogP contribution in [0.3, 0.4) is 0 Å². The molecule has 0 unspecified atom stereocenters. The van der Waals surface area contributed by atoms with Gasteiger partial charge in [0.1, 0.15) is 0 Å². The first-order valence-electron chi connectivity index (χ1n) is 7.96. The molecule has 1 aliphatic heterocycles. The van der Waals surface area contributed by atoms with Crippen molar-refractivity contribution in [2.45, 2.75) is 0 Å². The van der Waals surface area contributed by atoms with Crippen LogP contribution in [0.1, 0.15) is 11.1 Å². The number of para-hydroxylation sites is 1. The zero-order valence-corrected chi connectivity index (χ0v) is 13.2. The van der Waals surface area contributed by atoms with Crippen LogP contribution in [-0.2, 0) is 4.74 Å². The molecule has 1 heterocycles. The Morgan fingerprint density at radius 1 is 0.500 bits per heavy atom. The molecule has 0 spiro atoms. The van der Waals surface area contributed by atoms with Gasteiger partial charge in [-0.25, -0.2) is 0 Å². The van der Waals surface area contributed by atoms with Gasteiger partial charge in [-0.05, 0) is 12.1 Å². The fourth-order valence-electron chi connectivity index (χ4n) is 2.68. The molecule has 0 radical (unpaired) electrons. The molecule has 0 amide bonds. The van der Waals surface area contributed by atoms with Gasteiger partial charge >= 0.3 is 0 Å². The lowest BCUT2D eigenvalue weighted by atomic mass is 10.1. The van der Waals surface area contributed by atoms with Crippen molar-refractivity contribution in [2.24, 2.45) is 0 Å². The SMILES string of the molecule is C1=C(c2ccccc2)OC(c2ccccc2)=CN1c1ccccc1. The van der Waals surface area contributed by atoms with E-state index in [-0.39, 0.29) is 0 Å². The van der Waals surface area contributed by atoms with E-state index in [0.717, 1.165) is 28.3 Å². The van der Waals surface area contributed by atoms with E-state index in [1.165, 1.54) is 0 Å². The van der Waals surface area contributed by atoms with Crippen molar-refractivity contribution in [2.75, 3.05) is 4.90 Å². The Morgan fingerprint density at radius 3 is 1.38 bits per heavy atom. The number of rotatable bonds is 3. The first kappa shape index (κ1) is 14.3. The van der Waals surface area contributed by atoms with Gasteiger partial charge in [0.2, 0.25) is 0 Å². The zero-order chi connectivity index (χ0) is 16.2. The van der Waals surface area contributed by atoms with E-state index < -0.39 is 0 Å². The van der Waals surface area contributed by atoms with E-state index in [0.29, 0.717) is 0 Å². The second-order valence-electron chi connectivity index (χ2n) is 5.56. The Kier molecular flexibility index (Phi) is 3.86. The van der Waals surface area contributed by atoms with Gasteiger partial charge in [-0.3, -0.25) is 0 Å². The van der Waals surface area contributed by atoms with Crippen molar-refractivity contribution in [3.8, 4) is 0 Å². The monoisotopic (exact) mass is 311 g/mol. The summed E-state index contributed by atoms with van der Waals surface area (Å²) in [4.78, 5) is 2.11. The number of ether oxygens (including phenoxy) is 1. The summed E-state index contributed by atoms with van der Waals surface area (Å²) in [5.74, 6) is 1.67. The molecule has 24 heavy (non-hydrogen) atoms. The minimum Gasteiger partial charge on any atom is -0.453 e. The number of benzene rings is 3. The molecule has 3 aromatic rings. The van der Waals surface area contributed by atoms with Crippen LogP contribution in [-0.4, -0.2) is 0 Å². The Morgan fingerprint density at radius 2 is 0.917 bits per heavy atom.